The second-order valence-corrected chi connectivity index (χ2v) is 9.44. The van der Waals surface area contributed by atoms with Crippen molar-refractivity contribution in [2.24, 2.45) is 18.9 Å². The maximum absolute atomic E-state index is 12.9. The highest BCUT2D eigenvalue weighted by Crippen LogP contribution is 2.28. The number of anilines is 1. The Labute approximate surface area is 187 Å². The first-order valence-electron chi connectivity index (χ1n) is 10.8. The van der Waals surface area contributed by atoms with Crippen LogP contribution in [-0.2, 0) is 16.6 Å². The summed E-state index contributed by atoms with van der Waals surface area (Å²) < 4.78 is 3.25. The normalized spacial score (nSPS) is 21.0. The van der Waals surface area contributed by atoms with Gasteiger partial charge in [0, 0.05) is 13.1 Å². The zero-order valence-electron chi connectivity index (χ0n) is 18.7. The quantitative estimate of drug-likeness (QED) is 0.687. The zero-order valence-corrected chi connectivity index (χ0v) is 19.5. The minimum absolute atomic E-state index is 0.0364. The standard InChI is InChI=1S/C23H32N4O3S/c1-15-9-8-10-16(2)21(15)24-19(28)13-31-14-20(29)25-22-17(3)26(4)27(23(22)30)18-11-6-5-7-12-18/h5-7,11-12,15-16,21H,8-10,13-14H2,1-4H3,(H,24,28)(H,25,29). The van der Waals surface area contributed by atoms with E-state index in [-0.39, 0.29) is 40.6 Å². The Balaban J connectivity index is 1.55. The minimum atomic E-state index is -0.289. The molecule has 1 heterocycles. The molecule has 0 saturated heterocycles. The summed E-state index contributed by atoms with van der Waals surface area (Å²) in [5, 5.41) is 5.87. The van der Waals surface area contributed by atoms with Crippen LogP contribution in [0, 0.1) is 18.8 Å². The highest BCUT2D eigenvalue weighted by Gasteiger charge is 2.28. The van der Waals surface area contributed by atoms with Crippen LogP contribution >= 0.6 is 11.8 Å². The fourth-order valence-electron chi connectivity index (χ4n) is 4.32. The topological polar surface area (TPSA) is 85.1 Å². The van der Waals surface area contributed by atoms with E-state index in [1.807, 2.05) is 30.3 Å². The third-order valence-electron chi connectivity index (χ3n) is 6.16. The fraction of sp³-hybridized carbons (Fsp3) is 0.522. The molecule has 2 atom stereocenters. The summed E-state index contributed by atoms with van der Waals surface area (Å²) in [4.78, 5) is 37.6. The Morgan fingerprint density at radius 1 is 1.06 bits per heavy atom. The molecule has 7 nitrogen and oxygen atoms in total. The molecule has 0 bridgehead atoms. The molecule has 1 saturated carbocycles. The lowest BCUT2D eigenvalue weighted by Crippen LogP contribution is -2.46. The van der Waals surface area contributed by atoms with Gasteiger partial charge in [-0.1, -0.05) is 38.5 Å². The van der Waals surface area contributed by atoms with Crippen molar-refractivity contribution in [1.29, 1.82) is 0 Å². The summed E-state index contributed by atoms with van der Waals surface area (Å²) in [6, 6.07) is 9.50. The summed E-state index contributed by atoms with van der Waals surface area (Å²) in [5.41, 5.74) is 1.40. The number of hydrogen-bond acceptors (Lipinski definition) is 4. The number of carbonyl (C=O) groups is 2. The predicted octanol–water partition coefficient (Wildman–Crippen LogP) is 3.10. The monoisotopic (exact) mass is 444 g/mol. The van der Waals surface area contributed by atoms with Crippen LogP contribution in [0.15, 0.2) is 35.1 Å². The van der Waals surface area contributed by atoms with Crippen molar-refractivity contribution in [3.8, 4) is 5.69 Å². The molecule has 8 heteroatoms. The van der Waals surface area contributed by atoms with E-state index in [4.69, 9.17) is 0 Å². The second-order valence-electron chi connectivity index (χ2n) is 8.46. The van der Waals surface area contributed by atoms with E-state index < -0.39 is 0 Å². The van der Waals surface area contributed by atoms with Gasteiger partial charge in [0.25, 0.3) is 5.56 Å². The molecule has 1 aromatic carbocycles. The van der Waals surface area contributed by atoms with E-state index in [2.05, 4.69) is 24.5 Å². The number of nitrogens with zero attached hydrogens (tertiary/aromatic N) is 2. The van der Waals surface area contributed by atoms with Crippen molar-refractivity contribution < 1.29 is 9.59 Å². The van der Waals surface area contributed by atoms with E-state index in [0.29, 0.717) is 17.5 Å². The first-order chi connectivity index (χ1) is 14.8. The van der Waals surface area contributed by atoms with Gasteiger partial charge in [-0.3, -0.25) is 19.1 Å². The Morgan fingerprint density at radius 2 is 1.68 bits per heavy atom. The van der Waals surface area contributed by atoms with E-state index >= 15 is 0 Å². The first kappa shape index (κ1) is 23.2. The number of para-hydroxylation sites is 1. The van der Waals surface area contributed by atoms with Gasteiger partial charge in [-0.05, 0) is 43.7 Å². The molecule has 0 radical (unpaired) electrons. The van der Waals surface area contributed by atoms with Gasteiger partial charge in [0.2, 0.25) is 11.8 Å². The van der Waals surface area contributed by atoms with Gasteiger partial charge in [-0.15, -0.1) is 11.8 Å². The number of thioether (sulfide) groups is 1. The number of amides is 2. The minimum Gasteiger partial charge on any atom is -0.352 e. The van der Waals surface area contributed by atoms with Crippen molar-refractivity contribution in [3.63, 3.8) is 0 Å². The van der Waals surface area contributed by atoms with E-state index in [1.165, 1.54) is 22.9 Å². The molecule has 3 rings (SSSR count). The van der Waals surface area contributed by atoms with Crippen LogP contribution in [0.3, 0.4) is 0 Å². The number of hydrogen-bond donors (Lipinski definition) is 2. The van der Waals surface area contributed by atoms with Gasteiger partial charge in [0.15, 0.2) is 0 Å². The molecule has 2 amide bonds. The number of nitrogens with one attached hydrogen (secondary N) is 2. The summed E-state index contributed by atoms with van der Waals surface area (Å²) in [7, 11) is 1.78. The maximum atomic E-state index is 12.9. The number of rotatable bonds is 7. The Morgan fingerprint density at radius 3 is 2.32 bits per heavy atom. The number of aromatic nitrogens is 2. The molecular weight excluding hydrogens is 412 g/mol. The molecule has 1 aliphatic rings. The maximum Gasteiger partial charge on any atom is 0.295 e. The molecule has 31 heavy (non-hydrogen) atoms. The lowest BCUT2D eigenvalue weighted by Gasteiger charge is -2.35. The summed E-state index contributed by atoms with van der Waals surface area (Å²) in [5.74, 6) is 0.977. The van der Waals surface area contributed by atoms with Gasteiger partial charge in [-0.2, -0.15) is 0 Å². The van der Waals surface area contributed by atoms with Gasteiger partial charge in [0.1, 0.15) is 5.69 Å². The van der Waals surface area contributed by atoms with Crippen molar-refractivity contribution in [2.45, 2.75) is 46.1 Å². The van der Waals surface area contributed by atoms with Gasteiger partial charge >= 0.3 is 0 Å². The summed E-state index contributed by atoms with van der Waals surface area (Å²) in [6.07, 6.45) is 3.50. The SMILES string of the molecule is Cc1c(NC(=O)CSCC(=O)NC2C(C)CCCC2C)c(=O)n(-c2ccccc2)n1C. The van der Waals surface area contributed by atoms with Crippen LogP contribution in [0.2, 0.25) is 0 Å². The van der Waals surface area contributed by atoms with Gasteiger partial charge in [-0.25, -0.2) is 4.68 Å². The lowest BCUT2D eigenvalue weighted by atomic mass is 9.79. The van der Waals surface area contributed by atoms with Crippen LogP contribution in [0.25, 0.3) is 5.69 Å². The lowest BCUT2D eigenvalue weighted by molar-refractivity contribution is -0.120. The van der Waals surface area contributed by atoms with E-state index in [9.17, 15) is 14.4 Å². The van der Waals surface area contributed by atoms with E-state index in [0.717, 1.165) is 18.5 Å². The third-order valence-corrected chi connectivity index (χ3v) is 7.09. The second kappa shape index (κ2) is 10.2. The molecule has 168 valence electrons. The van der Waals surface area contributed by atoms with Crippen LogP contribution in [0.4, 0.5) is 5.69 Å². The van der Waals surface area contributed by atoms with Crippen LogP contribution in [0.1, 0.15) is 38.8 Å². The van der Waals surface area contributed by atoms with Gasteiger partial charge in [0.05, 0.1) is 22.9 Å². The van der Waals surface area contributed by atoms with E-state index in [1.54, 1.807) is 18.7 Å². The first-order valence-corrected chi connectivity index (χ1v) is 12.0. The third kappa shape index (κ3) is 5.42. The van der Waals surface area contributed by atoms with Crippen LogP contribution in [-0.4, -0.2) is 38.7 Å². The highest BCUT2D eigenvalue weighted by molar-refractivity contribution is 8.00. The molecule has 1 aliphatic carbocycles. The average molecular weight is 445 g/mol. The fourth-order valence-corrected chi connectivity index (χ4v) is 4.95. The average Bonchev–Trinajstić information content (AvgIpc) is 2.94. The molecule has 1 fully saturated rings. The van der Waals surface area contributed by atoms with Crippen molar-refractivity contribution in [1.82, 2.24) is 14.7 Å². The summed E-state index contributed by atoms with van der Waals surface area (Å²) in [6.45, 7) is 6.17. The zero-order chi connectivity index (χ0) is 22.5. The molecule has 0 spiro atoms. The molecule has 2 N–H and O–H groups in total. The van der Waals surface area contributed by atoms with Crippen LogP contribution < -0.4 is 16.2 Å². The number of benzene rings is 1. The molecule has 0 aliphatic heterocycles. The molecular formula is C23H32N4O3S. The predicted molar refractivity (Wildman–Crippen MR) is 126 cm³/mol. The smallest absolute Gasteiger partial charge is 0.295 e. The molecule has 2 unspecified atom stereocenters. The highest BCUT2D eigenvalue weighted by atomic mass is 32.2. The Hall–Kier alpha value is -2.48. The summed E-state index contributed by atoms with van der Waals surface area (Å²) >= 11 is 1.26. The largest absolute Gasteiger partial charge is 0.352 e. The molecule has 1 aromatic heterocycles. The number of carbonyl (C=O) groups excluding carboxylic acids is 2. The Kier molecular flexibility index (Phi) is 7.64. The van der Waals surface area contributed by atoms with Crippen molar-refractivity contribution in [2.75, 3.05) is 16.8 Å². The van der Waals surface area contributed by atoms with Crippen molar-refractivity contribution in [3.05, 3.63) is 46.4 Å². The molecule has 2 aromatic rings. The Bertz CT molecular complexity index is 973. The van der Waals surface area contributed by atoms with Crippen LogP contribution in [0.5, 0.6) is 0 Å². The van der Waals surface area contributed by atoms with Gasteiger partial charge < -0.3 is 10.6 Å². The van der Waals surface area contributed by atoms with Crippen molar-refractivity contribution >= 4 is 29.3 Å².